The number of likely N-dealkylation sites (N-methyl/N-ethyl adjacent to an activating group) is 1. The smallest absolute Gasteiger partial charge is 0.305 e. The number of carbonyl (C=O) groups excluding carboxylic acids is 11. The molecule has 0 spiro atoms. The van der Waals surface area contributed by atoms with Gasteiger partial charge in [-0.05, 0) is 65.3 Å². The van der Waals surface area contributed by atoms with Crippen LogP contribution < -0.4 is 53.6 Å². The Morgan fingerprint density at radius 1 is 0.598 bits per heavy atom. The molecule has 0 saturated carbocycles. The van der Waals surface area contributed by atoms with E-state index >= 15 is 9.59 Å². The second-order valence-electron chi connectivity index (χ2n) is 23.8. The van der Waals surface area contributed by atoms with E-state index in [-0.39, 0.29) is 89.5 Å². The summed E-state index contributed by atoms with van der Waals surface area (Å²) in [5.74, 6) is -10.6. The van der Waals surface area contributed by atoms with Crippen molar-refractivity contribution in [3.63, 3.8) is 0 Å². The molecule has 2 fully saturated rings. The number of hydrogen-bond donors (Lipinski definition) is 13. The highest BCUT2D eigenvalue weighted by atomic mass is 16.5. The quantitative estimate of drug-likeness (QED) is 0.0364. The summed E-state index contributed by atoms with van der Waals surface area (Å²) in [5, 5.41) is 44.5. The van der Waals surface area contributed by atoms with Crippen LogP contribution >= 0.6 is 0 Å². The zero-order valence-corrected chi connectivity index (χ0v) is 54.4. The second-order valence-corrected chi connectivity index (χ2v) is 23.8. The summed E-state index contributed by atoms with van der Waals surface area (Å²) in [6, 6.07) is 18.2. The number of aliphatic carboxylic acids is 1. The van der Waals surface area contributed by atoms with Crippen molar-refractivity contribution < 1.29 is 77.2 Å². The second kappa shape index (κ2) is 37.7. The minimum absolute atomic E-state index is 0.0472. The van der Waals surface area contributed by atoms with Crippen molar-refractivity contribution in [3.8, 4) is 5.75 Å². The molecule has 4 aromatic carbocycles. The molecule has 0 bridgehead atoms. The van der Waals surface area contributed by atoms with Crippen LogP contribution in [0.2, 0.25) is 0 Å². The van der Waals surface area contributed by atoms with Gasteiger partial charge in [-0.1, -0.05) is 111 Å². The van der Waals surface area contributed by atoms with E-state index in [1.54, 1.807) is 72.9 Å². The molecule has 11 amide bonds. The van der Waals surface area contributed by atoms with Crippen molar-refractivity contribution in [2.45, 2.75) is 126 Å². The van der Waals surface area contributed by atoms with Crippen LogP contribution in [0.15, 0.2) is 109 Å². The number of nitrogens with two attached hydrogens (primary N) is 1. The average Bonchev–Trinajstić information content (AvgIpc) is 1.81. The van der Waals surface area contributed by atoms with Crippen molar-refractivity contribution in [3.05, 3.63) is 137 Å². The van der Waals surface area contributed by atoms with Gasteiger partial charge >= 0.3 is 5.97 Å². The number of phenols is 1. The Bertz CT molecular complexity index is 3540. The standard InChI is InChI=1S/C68H87N13O16/c1-3-4-6-16-50-63(90)77-53(34-46-37-70-49-15-10-9-14-48(46)49)62(89)73-39-58(84)75-51(31-44-22-24-47(82)25-23-44)64(91)79-54(35-61(87)88)68(95)81-27-11-17-55(81)66(93)74-38-57(83)72-40-60(86)80(2)56(33-42-12-7-5-8-13-42)67(94)78-52(65(92)76-50)32-43-18-20-45(21-19-43)36-71-59(85)41-97-30-29-96-28-26-69/h5,7-10,12-15,18-25,37,50-56,70,82H,3-4,6,11,16-17,26-36,38-41,69H2,1-2H3,(H,71,85)(H,72,83)(H,73,89)(H,74,93)(H,75,84)(H,76,92)(H,77,90)(H,78,94)(H,79,91)(H,87,88)/t50-,51-,52-,53-,54-,55+,56-/m0/s1. The topological polar surface area (TPSA) is 420 Å². The lowest BCUT2D eigenvalue weighted by atomic mass is 10.00. The maximum atomic E-state index is 15.1. The summed E-state index contributed by atoms with van der Waals surface area (Å²) in [7, 11) is 1.34. The lowest BCUT2D eigenvalue weighted by molar-refractivity contribution is -0.146. The molecule has 97 heavy (non-hydrogen) atoms. The number of amides is 11. The Balaban J connectivity index is 1.23. The number of benzene rings is 4. The van der Waals surface area contributed by atoms with E-state index < -0.39 is 133 Å². The maximum Gasteiger partial charge on any atom is 0.305 e. The molecule has 5 aromatic rings. The molecule has 7 rings (SSSR count). The molecule has 29 heteroatoms. The summed E-state index contributed by atoms with van der Waals surface area (Å²) >= 11 is 0. The van der Waals surface area contributed by atoms with E-state index in [1.165, 1.54) is 31.3 Å². The molecule has 29 nitrogen and oxygen atoms in total. The number of rotatable bonds is 23. The summed E-state index contributed by atoms with van der Waals surface area (Å²) in [6.45, 7) is 0.803. The van der Waals surface area contributed by atoms with Crippen molar-refractivity contribution in [1.82, 2.24) is 62.6 Å². The number of aromatic nitrogens is 1. The van der Waals surface area contributed by atoms with E-state index in [0.29, 0.717) is 71.1 Å². The normalized spacial score (nSPS) is 21.0. The minimum atomic E-state index is -1.79. The first-order valence-electron chi connectivity index (χ1n) is 32.4. The molecule has 0 radical (unpaired) electrons. The molecular weight excluding hydrogens is 1250 g/mol. The molecule has 2 aliphatic heterocycles. The van der Waals surface area contributed by atoms with Gasteiger partial charge < -0.3 is 88.1 Å². The highest BCUT2D eigenvalue weighted by Crippen LogP contribution is 2.22. The predicted octanol–water partition coefficient (Wildman–Crippen LogP) is -0.589. The van der Waals surface area contributed by atoms with Crippen molar-refractivity contribution in [1.29, 1.82) is 0 Å². The van der Waals surface area contributed by atoms with Gasteiger partial charge in [0.25, 0.3) is 0 Å². The van der Waals surface area contributed by atoms with E-state index in [9.17, 15) is 58.2 Å². The summed E-state index contributed by atoms with van der Waals surface area (Å²) in [5.41, 5.74) is 8.96. The van der Waals surface area contributed by atoms with Gasteiger partial charge in [0.05, 0.1) is 45.9 Å². The van der Waals surface area contributed by atoms with Gasteiger partial charge in [-0.25, -0.2) is 0 Å². The zero-order valence-electron chi connectivity index (χ0n) is 54.4. The number of carboxylic acids is 1. The molecule has 2 aliphatic rings. The van der Waals surface area contributed by atoms with Crippen LogP contribution in [0.1, 0.15) is 79.7 Å². The number of unbranched alkanes of at least 4 members (excludes halogenated alkanes) is 2. The number of ether oxygens (including phenoxy) is 2. The highest BCUT2D eigenvalue weighted by Gasteiger charge is 2.40. The van der Waals surface area contributed by atoms with E-state index in [0.717, 1.165) is 9.80 Å². The number of aromatic amines is 1. The SMILES string of the molecule is CCCCC[C@@H]1NC(=O)[C@H](Cc2ccc(CNC(=O)COCCOCCN)cc2)NC(=O)[C@H](Cc2ccccc2)N(C)C(=O)CNC(=O)CNC(=O)[C@H]2CCCN2C(=O)[C@H](CC(=O)O)NC(=O)[C@H](Cc2ccc(O)cc2)NC(=O)CNC(=O)[C@H](Cc2c[nH]c3ccccc23)NC1=O. The van der Waals surface area contributed by atoms with E-state index in [4.69, 9.17) is 15.2 Å². The van der Waals surface area contributed by atoms with Crippen LogP contribution in [0.3, 0.4) is 0 Å². The molecular formula is C68H87N13O16. The van der Waals surface area contributed by atoms with E-state index in [1.807, 2.05) is 19.1 Å². The Kier molecular flexibility index (Phi) is 28.8. The number of nitrogens with zero attached hydrogens (tertiary/aromatic N) is 2. The van der Waals surface area contributed by atoms with Crippen molar-refractivity contribution >= 4 is 81.9 Å². The molecule has 7 atom stereocenters. The van der Waals surface area contributed by atoms with Gasteiger partial charge in [-0.15, -0.1) is 0 Å². The fraction of sp³-hybridized carbons (Fsp3) is 0.441. The third-order valence-corrected chi connectivity index (χ3v) is 16.5. The lowest BCUT2D eigenvalue weighted by Gasteiger charge is -2.30. The molecule has 1 aromatic heterocycles. The number of H-pyrrole nitrogens is 1. The first-order chi connectivity index (χ1) is 46.7. The Morgan fingerprint density at radius 2 is 1.19 bits per heavy atom. The number of carboxylic acid groups (broad SMARTS) is 1. The summed E-state index contributed by atoms with van der Waals surface area (Å²) < 4.78 is 10.7. The summed E-state index contributed by atoms with van der Waals surface area (Å²) in [4.78, 5) is 174. The highest BCUT2D eigenvalue weighted by molar-refractivity contribution is 5.99. The van der Waals surface area contributed by atoms with E-state index in [2.05, 4.69) is 52.8 Å². The Hall–Kier alpha value is -10.3. The number of para-hydroxylation sites is 1. The third kappa shape index (κ3) is 23.3. The lowest BCUT2D eigenvalue weighted by Crippen LogP contribution is -2.60. The van der Waals surface area contributed by atoms with Crippen LogP contribution in [0.25, 0.3) is 10.9 Å². The number of carbonyl (C=O) groups is 12. The average molecular weight is 1340 g/mol. The molecule has 0 unspecified atom stereocenters. The van der Waals surface area contributed by atoms with Crippen LogP contribution in [-0.4, -0.2) is 204 Å². The number of hydrogen-bond acceptors (Lipinski definition) is 16. The first kappa shape index (κ1) is 74.1. The Morgan fingerprint density at radius 3 is 1.89 bits per heavy atom. The minimum Gasteiger partial charge on any atom is -0.508 e. The molecule has 3 heterocycles. The van der Waals surface area contributed by atoms with Gasteiger partial charge in [-0.3, -0.25) is 57.5 Å². The van der Waals surface area contributed by atoms with Gasteiger partial charge in [0, 0.05) is 69.5 Å². The molecule has 2 saturated heterocycles. The van der Waals surface area contributed by atoms with Crippen LogP contribution in [0, 0.1) is 0 Å². The van der Waals surface area contributed by atoms with Crippen LogP contribution in [0.4, 0.5) is 0 Å². The Labute approximate surface area is 560 Å². The monoisotopic (exact) mass is 1340 g/mol. The number of nitrogens with one attached hydrogen (secondary N) is 10. The molecule has 0 aliphatic carbocycles. The third-order valence-electron chi connectivity index (χ3n) is 16.5. The van der Waals surface area contributed by atoms with Crippen LogP contribution in [-0.2, 0) is 99.2 Å². The fourth-order valence-electron chi connectivity index (χ4n) is 11.2. The summed E-state index contributed by atoms with van der Waals surface area (Å²) in [6.07, 6.45) is 2.16. The molecule has 520 valence electrons. The largest absolute Gasteiger partial charge is 0.508 e. The first-order valence-corrected chi connectivity index (χ1v) is 32.4. The predicted molar refractivity (Wildman–Crippen MR) is 353 cm³/mol. The number of fused-ring (bicyclic) bond motifs is 2. The van der Waals surface area contributed by atoms with Gasteiger partial charge in [0.1, 0.15) is 54.6 Å². The van der Waals surface area contributed by atoms with Gasteiger partial charge in [-0.2, -0.15) is 0 Å². The zero-order chi connectivity index (χ0) is 69.8. The van der Waals surface area contributed by atoms with Crippen molar-refractivity contribution in [2.75, 3.05) is 66.2 Å². The number of phenolic OH excluding ortho intramolecular Hbond substituents is 1. The van der Waals surface area contributed by atoms with Gasteiger partial charge in [0.2, 0.25) is 65.0 Å². The van der Waals surface area contributed by atoms with Crippen LogP contribution in [0.5, 0.6) is 5.75 Å². The fourth-order valence-corrected chi connectivity index (χ4v) is 11.2. The maximum absolute atomic E-state index is 15.1. The molecule has 14 N–H and O–H groups in total. The van der Waals surface area contributed by atoms with Gasteiger partial charge in [0.15, 0.2) is 0 Å². The number of aromatic hydroxyl groups is 1. The van der Waals surface area contributed by atoms with Crippen molar-refractivity contribution in [2.24, 2.45) is 5.73 Å².